The van der Waals surface area contributed by atoms with Gasteiger partial charge in [0.15, 0.2) is 0 Å². The molecule has 6 nitrogen and oxygen atoms in total. The standard InChI is InChI=1S/C20H19N5O/c26-19(25-13-3-5-16-4-1-2-6-18(16)25)17-9-12-22-20(24-17)23-14-15-7-10-21-11-8-15/h1-2,4,6-12H,3,5,13-14H2,(H,22,23,24). The molecule has 0 spiro atoms. The molecule has 1 aromatic carbocycles. The number of hydrogen-bond donors (Lipinski definition) is 1. The second-order valence-corrected chi connectivity index (χ2v) is 6.16. The Kier molecular flexibility index (Phi) is 4.55. The zero-order chi connectivity index (χ0) is 17.8. The van der Waals surface area contributed by atoms with E-state index in [1.165, 1.54) is 5.56 Å². The molecule has 0 saturated heterocycles. The molecule has 0 atom stereocenters. The van der Waals surface area contributed by atoms with Gasteiger partial charge < -0.3 is 10.2 Å². The van der Waals surface area contributed by atoms with Gasteiger partial charge in [0.2, 0.25) is 5.95 Å². The lowest BCUT2D eigenvalue weighted by atomic mass is 10.0. The SMILES string of the molecule is O=C(c1ccnc(NCc2ccncc2)n1)N1CCCc2ccccc21. The predicted octanol–water partition coefficient (Wildman–Crippen LogP) is 3.08. The van der Waals surface area contributed by atoms with Crippen molar-refractivity contribution >= 4 is 17.5 Å². The Hall–Kier alpha value is -3.28. The highest BCUT2D eigenvalue weighted by atomic mass is 16.2. The molecule has 2 aromatic heterocycles. The van der Waals surface area contributed by atoms with Gasteiger partial charge in [-0.25, -0.2) is 9.97 Å². The van der Waals surface area contributed by atoms with Crippen LogP contribution in [0.4, 0.5) is 11.6 Å². The Morgan fingerprint density at radius 3 is 2.81 bits per heavy atom. The molecule has 0 saturated carbocycles. The number of aromatic nitrogens is 3. The summed E-state index contributed by atoms with van der Waals surface area (Å²) >= 11 is 0. The number of amides is 1. The first-order valence-electron chi connectivity index (χ1n) is 8.67. The minimum Gasteiger partial charge on any atom is -0.350 e. The fraction of sp³-hybridized carbons (Fsp3) is 0.200. The Morgan fingerprint density at radius 2 is 1.92 bits per heavy atom. The first-order chi connectivity index (χ1) is 12.8. The van der Waals surface area contributed by atoms with Gasteiger partial charge >= 0.3 is 0 Å². The number of nitrogens with zero attached hydrogens (tertiary/aromatic N) is 4. The van der Waals surface area contributed by atoms with E-state index in [0.29, 0.717) is 24.7 Å². The van der Waals surface area contributed by atoms with E-state index < -0.39 is 0 Å². The Morgan fingerprint density at radius 1 is 1.08 bits per heavy atom. The first-order valence-corrected chi connectivity index (χ1v) is 8.67. The Labute approximate surface area is 151 Å². The van der Waals surface area contributed by atoms with Crippen molar-refractivity contribution in [2.45, 2.75) is 19.4 Å². The third-order valence-corrected chi connectivity index (χ3v) is 4.43. The molecule has 1 amide bonds. The maximum Gasteiger partial charge on any atom is 0.277 e. The minimum absolute atomic E-state index is 0.0912. The first kappa shape index (κ1) is 16.2. The number of hydrogen-bond acceptors (Lipinski definition) is 5. The summed E-state index contributed by atoms with van der Waals surface area (Å²) in [5.74, 6) is 0.351. The molecule has 0 unspecified atom stereocenters. The number of carbonyl (C=O) groups excluding carboxylic acids is 1. The zero-order valence-corrected chi connectivity index (χ0v) is 14.3. The van der Waals surface area contributed by atoms with Crippen LogP contribution in [-0.2, 0) is 13.0 Å². The monoisotopic (exact) mass is 345 g/mol. The van der Waals surface area contributed by atoms with Crippen molar-refractivity contribution in [3.05, 3.63) is 77.9 Å². The minimum atomic E-state index is -0.0912. The lowest BCUT2D eigenvalue weighted by Crippen LogP contribution is -2.36. The highest BCUT2D eigenvalue weighted by molar-refractivity contribution is 6.05. The fourth-order valence-corrected chi connectivity index (χ4v) is 3.13. The van der Waals surface area contributed by atoms with Crippen molar-refractivity contribution in [3.8, 4) is 0 Å². The van der Waals surface area contributed by atoms with Gasteiger partial charge in [-0.3, -0.25) is 9.78 Å². The third-order valence-electron chi connectivity index (χ3n) is 4.43. The van der Waals surface area contributed by atoms with Crippen molar-refractivity contribution in [1.82, 2.24) is 15.0 Å². The van der Waals surface area contributed by atoms with Gasteiger partial charge in [0.25, 0.3) is 5.91 Å². The van der Waals surface area contributed by atoms with Crippen molar-refractivity contribution in [2.24, 2.45) is 0 Å². The summed E-state index contributed by atoms with van der Waals surface area (Å²) in [5.41, 5.74) is 3.66. The van der Waals surface area contributed by atoms with E-state index in [4.69, 9.17) is 0 Å². The lowest BCUT2D eigenvalue weighted by molar-refractivity contribution is 0.0980. The molecule has 130 valence electrons. The van der Waals surface area contributed by atoms with E-state index in [1.807, 2.05) is 35.2 Å². The number of carbonyl (C=O) groups is 1. The summed E-state index contributed by atoms with van der Waals surface area (Å²) in [7, 11) is 0. The average molecular weight is 345 g/mol. The molecule has 3 heterocycles. The largest absolute Gasteiger partial charge is 0.350 e. The van der Waals surface area contributed by atoms with Crippen LogP contribution in [0, 0.1) is 0 Å². The van der Waals surface area contributed by atoms with E-state index in [2.05, 4.69) is 26.3 Å². The maximum absolute atomic E-state index is 13.0. The molecule has 0 radical (unpaired) electrons. The van der Waals surface area contributed by atoms with Crippen LogP contribution in [0.25, 0.3) is 0 Å². The summed E-state index contributed by atoms with van der Waals surface area (Å²) < 4.78 is 0. The van der Waals surface area contributed by atoms with E-state index >= 15 is 0 Å². The number of aryl methyl sites for hydroxylation is 1. The van der Waals surface area contributed by atoms with Gasteiger partial charge in [0.05, 0.1) is 0 Å². The normalized spacial score (nSPS) is 13.2. The van der Waals surface area contributed by atoms with E-state index in [0.717, 1.165) is 24.1 Å². The van der Waals surface area contributed by atoms with Crippen LogP contribution in [0.3, 0.4) is 0 Å². The van der Waals surface area contributed by atoms with Gasteiger partial charge in [-0.15, -0.1) is 0 Å². The van der Waals surface area contributed by atoms with Crippen molar-refractivity contribution in [2.75, 3.05) is 16.8 Å². The zero-order valence-electron chi connectivity index (χ0n) is 14.3. The van der Waals surface area contributed by atoms with Crippen LogP contribution in [0.2, 0.25) is 0 Å². The molecular weight excluding hydrogens is 326 g/mol. The summed E-state index contributed by atoms with van der Waals surface area (Å²) in [5, 5.41) is 3.16. The molecular formula is C20H19N5O. The summed E-state index contributed by atoms with van der Waals surface area (Å²) in [6, 6.07) is 13.6. The highest BCUT2D eigenvalue weighted by Gasteiger charge is 2.24. The summed E-state index contributed by atoms with van der Waals surface area (Å²) in [6.07, 6.45) is 7.06. The lowest BCUT2D eigenvalue weighted by Gasteiger charge is -2.29. The number of fused-ring (bicyclic) bond motifs is 1. The van der Waals surface area contributed by atoms with Crippen LogP contribution >= 0.6 is 0 Å². The van der Waals surface area contributed by atoms with E-state index in [9.17, 15) is 4.79 Å². The van der Waals surface area contributed by atoms with Gasteiger partial charge in [-0.2, -0.15) is 0 Å². The van der Waals surface area contributed by atoms with Crippen LogP contribution < -0.4 is 10.2 Å². The molecule has 3 aromatic rings. The van der Waals surface area contributed by atoms with E-state index in [-0.39, 0.29) is 5.91 Å². The third kappa shape index (κ3) is 3.39. The van der Waals surface area contributed by atoms with Crippen LogP contribution in [0.1, 0.15) is 28.0 Å². The number of para-hydroxylation sites is 1. The number of pyridine rings is 1. The molecule has 1 aliphatic rings. The molecule has 26 heavy (non-hydrogen) atoms. The molecule has 0 aliphatic carbocycles. The van der Waals surface area contributed by atoms with Crippen LogP contribution in [-0.4, -0.2) is 27.4 Å². The molecule has 1 aliphatic heterocycles. The molecule has 0 bridgehead atoms. The Bertz CT molecular complexity index is 913. The molecule has 6 heteroatoms. The van der Waals surface area contributed by atoms with Crippen molar-refractivity contribution in [1.29, 1.82) is 0 Å². The van der Waals surface area contributed by atoms with Gasteiger partial charge in [-0.05, 0) is 48.2 Å². The number of anilines is 2. The van der Waals surface area contributed by atoms with Crippen molar-refractivity contribution in [3.63, 3.8) is 0 Å². The summed E-state index contributed by atoms with van der Waals surface area (Å²) in [6.45, 7) is 1.28. The predicted molar refractivity (Wildman–Crippen MR) is 100 cm³/mol. The number of rotatable bonds is 4. The second kappa shape index (κ2) is 7.31. The van der Waals surface area contributed by atoms with Gasteiger partial charge in [-0.1, -0.05) is 18.2 Å². The average Bonchev–Trinajstić information content (AvgIpc) is 2.72. The number of benzene rings is 1. The maximum atomic E-state index is 13.0. The number of nitrogens with one attached hydrogen (secondary N) is 1. The van der Waals surface area contributed by atoms with Gasteiger partial charge in [0, 0.05) is 37.4 Å². The topological polar surface area (TPSA) is 71.0 Å². The van der Waals surface area contributed by atoms with Crippen LogP contribution in [0.5, 0.6) is 0 Å². The second-order valence-electron chi connectivity index (χ2n) is 6.16. The quantitative estimate of drug-likeness (QED) is 0.787. The molecule has 1 N–H and O–H groups in total. The Balaban J connectivity index is 1.52. The molecule has 4 rings (SSSR count). The van der Waals surface area contributed by atoms with E-state index in [1.54, 1.807) is 24.7 Å². The van der Waals surface area contributed by atoms with Gasteiger partial charge in [0.1, 0.15) is 5.69 Å². The smallest absolute Gasteiger partial charge is 0.277 e. The summed E-state index contributed by atoms with van der Waals surface area (Å²) in [4.78, 5) is 27.4. The fourth-order valence-electron chi connectivity index (χ4n) is 3.13. The molecule has 0 fully saturated rings. The highest BCUT2D eigenvalue weighted by Crippen LogP contribution is 2.27. The van der Waals surface area contributed by atoms with Crippen molar-refractivity contribution < 1.29 is 4.79 Å². The van der Waals surface area contributed by atoms with Crippen LogP contribution in [0.15, 0.2) is 61.1 Å².